The van der Waals surface area contributed by atoms with Crippen molar-refractivity contribution in [3.63, 3.8) is 0 Å². The molecule has 0 aliphatic carbocycles. The molecule has 6 rings (SSSR count). The van der Waals surface area contributed by atoms with Gasteiger partial charge in [-0.1, -0.05) is 42.5 Å². The standard InChI is InChI=1S/C30H30N8O5S/c1-20-22(18-31)27-32-29(36-16-9-14-25(36)39)33-37(27)28(26(20)21-10-5-4-6-11-21)35-17-15-30(2,19-35)34(3)44(42,43)24-13-8-7-12-23(24)38(40)41/h4-8,10-13H,9,14-17,19H2,1-3H3/t30-/m0/s1. The van der Waals surface area contributed by atoms with E-state index in [4.69, 9.17) is 5.10 Å². The monoisotopic (exact) mass is 614 g/mol. The Bertz CT molecular complexity index is 1970. The lowest BCUT2D eigenvalue weighted by Crippen LogP contribution is -2.49. The van der Waals surface area contributed by atoms with Crippen molar-refractivity contribution in [2.45, 2.75) is 43.5 Å². The largest absolute Gasteiger partial charge is 0.354 e. The average molecular weight is 615 g/mol. The highest BCUT2D eigenvalue weighted by Crippen LogP contribution is 2.42. The lowest BCUT2D eigenvalue weighted by molar-refractivity contribution is -0.387. The summed E-state index contributed by atoms with van der Waals surface area (Å²) in [6.45, 7) is 4.78. The van der Waals surface area contributed by atoms with Crippen molar-refractivity contribution in [2.24, 2.45) is 0 Å². The Morgan fingerprint density at radius 1 is 1.11 bits per heavy atom. The number of aromatic nitrogens is 3. The molecule has 44 heavy (non-hydrogen) atoms. The molecule has 2 aromatic carbocycles. The van der Waals surface area contributed by atoms with Crippen LogP contribution in [-0.2, 0) is 14.8 Å². The first-order chi connectivity index (χ1) is 21.0. The van der Waals surface area contributed by atoms with Gasteiger partial charge in [0.25, 0.3) is 11.6 Å². The second-order valence-corrected chi connectivity index (χ2v) is 13.3. The van der Waals surface area contributed by atoms with E-state index >= 15 is 0 Å². The van der Waals surface area contributed by atoms with Gasteiger partial charge in [-0.2, -0.15) is 19.1 Å². The van der Waals surface area contributed by atoms with Crippen LogP contribution in [0.15, 0.2) is 59.5 Å². The summed E-state index contributed by atoms with van der Waals surface area (Å²) in [5.74, 6) is 0.748. The molecule has 0 spiro atoms. The minimum atomic E-state index is -4.26. The number of benzene rings is 2. The maximum absolute atomic E-state index is 13.8. The Labute approximate surface area is 254 Å². The normalized spacial score (nSPS) is 18.8. The van der Waals surface area contributed by atoms with Crippen LogP contribution in [0.3, 0.4) is 0 Å². The number of likely N-dealkylation sites (N-methyl/N-ethyl adjacent to an activating group) is 1. The number of fused-ring (bicyclic) bond motifs is 1. The minimum absolute atomic E-state index is 0.0865. The van der Waals surface area contributed by atoms with E-state index in [-0.39, 0.29) is 23.3 Å². The number of pyridine rings is 1. The van der Waals surface area contributed by atoms with Gasteiger partial charge in [0.05, 0.1) is 10.5 Å². The molecule has 13 nitrogen and oxygen atoms in total. The van der Waals surface area contributed by atoms with Gasteiger partial charge in [0.2, 0.25) is 15.9 Å². The molecule has 226 valence electrons. The quantitative estimate of drug-likeness (QED) is 0.222. The first-order valence-corrected chi connectivity index (χ1v) is 15.6. The summed E-state index contributed by atoms with van der Waals surface area (Å²) in [6, 6.07) is 17.2. The van der Waals surface area contributed by atoms with Crippen molar-refractivity contribution < 1.29 is 18.1 Å². The summed E-state index contributed by atoms with van der Waals surface area (Å²) in [5, 5.41) is 26.7. The Hall–Kier alpha value is -4.87. The van der Waals surface area contributed by atoms with Crippen molar-refractivity contribution in [1.29, 1.82) is 5.26 Å². The summed E-state index contributed by atoms with van der Waals surface area (Å²) >= 11 is 0. The summed E-state index contributed by atoms with van der Waals surface area (Å²) in [7, 11) is -2.81. The summed E-state index contributed by atoms with van der Waals surface area (Å²) in [5.41, 5.74) is 1.45. The molecule has 0 bridgehead atoms. The van der Waals surface area contributed by atoms with E-state index in [2.05, 4.69) is 11.1 Å². The zero-order valence-corrected chi connectivity index (χ0v) is 25.3. The second-order valence-electron chi connectivity index (χ2n) is 11.3. The fourth-order valence-corrected chi connectivity index (χ4v) is 7.86. The maximum Gasteiger partial charge on any atom is 0.289 e. The predicted molar refractivity (Wildman–Crippen MR) is 163 cm³/mol. The smallest absolute Gasteiger partial charge is 0.289 e. The lowest BCUT2D eigenvalue weighted by Gasteiger charge is -2.35. The van der Waals surface area contributed by atoms with Gasteiger partial charge in [0, 0.05) is 44.7 Å². The van der Waals surface area contributed by atoms with Crippen LogP contribution in [0.1, 0.15) is 37.3 Å². The molecular formula is C30H30N8O5S. The fraction of sp³-hybridized carbons (Fsp3) is 0.333. The van der Waals surface area contributed by atoms with E-state index in [1.807, 2.05) is 49.1 Å². The Balaban J connectivity index is 1.50. The molecule has 2 aliphatic heterocycles. The second kappa shape index (κ2) is 10.7. The molecule has 0 unspecified atom stereocenters. The van der Waals surface area contributed by atoms with Crippen LogP contribution in [0.25, 0.3) is 16.8 Å². The highest BCUT2D eigenvalue weighted by molar-refractivity contribution is 7.89. The molecule has 4 heterocycles. The van der Waals surface area contributed by atoms with Gasteiger partial charge < -0.3 is 4.90 Å². The third-order valence-corrected chi connectivity index (χ3v) is 10.8. The minimum Gasteiger partial charge on any atom is -0.354 e. The van der Waals surface area contributed by atoms with E-state index in [9.17, 15) is 28.6 Å². The van der Waals surface area contributed by atoms with Crippen LogP contribution in [0.4, 0.5) is 17.5 Å². The van der Waals surface area contributed by atoms with Crippen LogP contribution in [0.5, 0.6) is 0 Å². The lowest BCUT2D eigenvalue weighted by atomic mass is 9.97. The number of hydrogen-bond donors (Lipinski definition) is 0. The first kappa shape index (κ1) is 29.2. The van der Waals surface area contributed by atoms with Crippen LogP contribution in [0, 0.1) is 28.4 Å². The Morgan fingerprint density at radius 3 is 2.48 bits per heavy atom. The van der Waals surface area contributed by atoms with Gasteiger partial charge in [-0.25, -0.2) is 8.42 Å². The molecular weight excluding hydrogens is 584 g/mol. The van der Waals surface area contributed by atoms with Crippen molar-refractivity contribution >= 4 is 39.0 Å². The van der Waals surface area contributed by atoms with Gasteiger partial charge in [0.1, 0.15) is 17.5 Å². The zero-order valence-electron chi connectivity index (χ0n) is 24.5. The average Bonchev–Trinajstić information content (AvgIpc) is 3.75. The van der Waals surface area contributed by atoms with Crippen LogP contribution in [0.2, 0.25) is 0 Å². The van der Waals surface area contributed by atoms with E-state index in [0.29, 0.717) is 54.9 Å². The molecule has 2 aliphatic rings. The van der Waals surface area contributed by atoms with E-state index in [0.717, 1.165) is 11.1 Å². The summed E-state index contributed by atoms with van der Waals surface area (Å²) in [6.07, 6.45) is 1.49. The zero-order chi connectivity index (χ0) is 31.4. The van der Waals surface area contributed by atoms with Crippen LogP contribution >= 0.6 is 0 Å². The molecule has 2 saturated heterocycles. The number of rotatable bonds is 7. The van der Waals surface area contributed by atoms with Gasteiger partial charge in [-0.3, -0.25) is 19.8 Å². The van der Waals surface area contributed by atoms with Crippen molar-refractivity contribution in [2.75, 3.05) is 36.5 Å². The topological polar surface area (TPSA) is 158 Å². The number of carbonyl (C=O) groups excluding carboxylic acids is 1. The van der Waals surface area contributed by atoms with Crippen molar-refractivity contribution in [1.82, 2.24) is 18.9 Å². The van der Waals surface area contributed by atoms with Crippen LogP contribution < -0.4 is 9.80 Å². The van der Waals surface area contributed by atoms with E-state index in [1.54, 1.807) is 4.52 Å². The number of hydrogen-bond acceptors (Lipinski definition) is 9. The van der Waals surface area contributed by atoms with Crippen molar-refractivity contribution in [3.8, 4) is 17.2 Å². The molecule has 1 amide bonds. The molecule has 4 aromatic rings. The first-order valence-electron chi connectivity index (χ1n) is 14.1. The van der Waals surface area contributed by atoms with Gasteiger partial charge in [-0.05, 0) is 43.9 Å². The number of nitrogens with zero attached hydrogens (tertiary/aromatic N) is 8. The van der Waals surface area contributed by atoms with Gasteiger partial charge >= 0.3 is 0 Å². The molecule has 2 aromatic heterocycles. The Kier molecular flexibility index (Phi) is 7.10. The van der Waals surface area contributed by atoms with Crippen molar-refractivity contribution in [3.05, 3.63) is 75.8 Å². The third-order valence-electron chi connectivity index (χ3n) is 8.69. The summed E-state index contributed by atoms with van der Waals surface area (Å²) < 4.78 is 30.4. The number of nitro groups is 1. The predicted octanol–water partition coefficient (Wildman–Crippen LogP) is 3.90. The number of sulfonamides is 1. The number of nitro benzene ring substituents is 1. The molecule has 2 fully saturated rings. The number of anilines is 2. The summed E-state index contributed by atoms with van der Waals surface area (Å²) in [4.78, 5) is 31.4. The fourth-order valence-electron chi connectivity index (χ4n) is 6.17. The molecule has 0 saturated carbocycles. The molecule has 1 atom stereocenters. The van der Waals surface area contributed by atoms with E-state index < -0.39 is 26.2 Å². The van der Waals surface area contributed by atoms with Gasteiger partial charge in [0.15, 0.2) is 10.5 Å². The highest BCUT2D eigenvalue weighted by Gasteiger charge is 2.46. The third kappa shape index (κ3) is 4.56. The molecule has 14 heteroatoms. The van der Waals surface area contributed by atoms with Gasteiger partial charge in [-0.15, -0.1) is 5.10 Å². The van der Waals surface area contributed by atoms with Crippen LogP contribution in [-0.4, -0.2) is 70.4 Å². The molecule has 0 radical (unpaired) electrons. The number of carbonyl (C=O) groups is 1. The highest BCUT2D eigenvalue weighted by atomic mass is 32.2. The number of amides is 1. The molecule has 0 N–H and O–H groups in total. The van der Waals surface area contributed by atoms with E-state index in [1.165, 1.54) is 40.5 Å². The maximum atomic E-state index is 13.8. The number of nitriles is 1. The SMILES string of the molecule is Cc1c(-c2ccccc2)c(N2CC[C@](C)(N(C)S(=O)(=O)c3ccccc3[N+](=O)[O-])C2)n2nc(N3CCCC3=O)nc2c1C#N. The number of para-hydroxylation sites is 1. The Morgan fingerprint density at radius 2 is 1.82 bits per heavy atom.